The largest absolute Gasteiger partial charge is 0.481 e. The third kappa shape index (κ3) is 9.11. The molecular weight excluding hydrogens is 859 g/mol. The lowest BCUT2D eigenvalue weighted by atomic mass is 9.32. The minimum absolute atomic E-state index is 0.0357. The zero-order valence-corrected chi connectivity index (χ0v) is 41.7. The van der Waals surface area contributed by atoms with Crippen molar-refractivity contribution in [2.24, 2.45) is 73.1 Å². The number of hydrogen-bond donors (Lipinski definition) is 3. The van der Waals surface area contributed by atoms with E-state index in [4.69, 9.17) is 29.6 Å². The zero-order chi connectivity index (χ0) is 49.1. The second kappa shape index (κ2) is 18.6. The number of rotatable bonds is 15. The normalized spacial score (nSPS) is 37.5. The van der Waals surface area contributed by atoms with Gasteiger partial charge in [-0.25, -0.2) is 4.79 Å². The number of esters is 3. The van der Waals surface area contributed by atoms with Crippen LogP contribution < -0.4 is 16.2 Å². The van der Waals surface area contributed by atoms with Crippen LogP contribution in [0.15, 0.2) is 20.9 Å². The SMILES string of the molecule is Cc1cn(C2CC(N=[N+]=N)C(COC(=O)C(C)(C)CC(=O)OC[C@]34CC[C@@H](C(C)C)[C@@H]3[C@H]3CC[C@@H]5[C@@]6(C)CC[C@H](OC(=O)CCCC(=O)O)C(C)(C)[C@@H]6CC[C@@]5(C)[C@]3(C)CC4)O2)c(=O)[nH]c1=O. The van der Waals surface area contributed by atoms with Gasteiger partial charge in [-0.3, -0.25) is 33.5 Å². The quantitative estimate of drug-likeness (QED) is 0.0654. The summed E-state index contributed by atoms with van der Waals surface area (Å²) < 4.78 is 25.5. The molecule has 1 aliphatic heterocycles. The van der Waals surface area contributed by atoms with Crippen LogP contribution >= 0.6 is 0 Å². The van der Waals surface area contributed by atoms with Gasteiger partial charge >= 0.3 is 29.6 Å². The predicted molar refractivity (Wildman–Crippen MR) is 246 cm³/mol. The summed E-state index contributed by atoms with van der Waals surface area (Å²) in [6, 6.07) is -0.681. The van der Waals surface area contributed by atoms with E-state index >= 15 is 0 Å². The van der Waals surface area contributed by atoms with Crippen molar-refractivity contribution in [3.63, 3.8) is 0 Å². The first kappa shape index (κ1) is 50.7. The van der Waals surface area contributed by atoms with Crippen molar-refractivity contribution in [1.29, 1.82) is 5.53 Å². The van der Waals surface area contributed by atoms with E-state index in [1.54, 1.807) is 20.8 Å². The monoisotopic (exact) mass is 937 g/mol. The molecule has 5 saturated carbocycles. The molecule has 2 heterocycles. The molecule has 6 aliphatic rings. The van der Waals surface area contributed by atoms with Crippen LogP contribution in [0.4, 0.5) is 0 Å². The topological polar surface area (TPSA) is 231 Å². The highest BCUT2D eigenvalue weighted by molar-refractivity contribution is 5.82. The number of nitrogens with zero attached hydrogens (tertiary/aromatic N) is 3. The maximum Gasteiger partial charge on any atom is 0.330 e. The number of hydrogen-bond acceptors (Lipinski definition) is 12. The van der Waals surface area contributed by atoms with Crippen LogP contribution in [0.1, 0.15) is 170 Å². The molecule has 1 aromatic heterocycles. The van der Waals surface area contributed by atoms with Gasteiger partial charge in [0.05, 0.1) is 18.4 Å². The standard InChI is InChI=1S/C51H77N5O11/c1-29(2)31-16-21-51(28-65-41(60)25-46(4,5)44(62)64-27-34-33(54-55-52)24-38(66-34)56-26-30(3)43(61)53-45(56)63)23-22-49(9)32(42(31)51)14-15-36-48(8)19-18-37(67-40(59)13-11-12-39(57)58)47(6,7)35(48)17-20-50(36,49)10/h26,29,31-38,42,52H,11-25,27-28H2,1-10H3,(H-,53,57,58,61,63)/p+1/t31-,32+,33?,34?,35-,36+,37-,38?,42+,48-,49+,50+,51+/m0/s1. The second-order valence-electron chi connectivity index (χ2n) is 24.0. The van der Waals surface area contributed by atoms with E-state index in [9.17, 15) is 28.8 Å². The van der Waals surface area contributed by atoms with Crippen LogP contribution in [0.2, 0.25) is 0 Å². The minimum Gasteiger partial charge on any atom is -0.481 e. The van der Waals surface area contributed by atoms with E-state index < -0.39 is 52.9 Å². The molecule has 16 nitrogen and oxygen atoms in total. The fourth-order valence-corrected chi connectivity index (χ4v) is 15.7. The van der Waals surface area contributed by atoms with Gasteiger partial charge in [-0.2, -0.15) is 0 Å². The number of fused-ring (bicyclic) bond motifs is 7. The summed E-state index contributed by atoms with van der Waals surface area (Å²) >= 11 is 0. The molecule has 3 unspecified atom stereocenters. The summed E-state index contributed by atoms with van der Waals surface area (Å²) in [4.78, 5) is 81.4. The van der Waals surface area contributed by atoms with Crippen molar-refractivity contribution in [3.8, 4) is 0 Å². The molecule has 0 amide bonds. The molecule has 16 heteroatoms. The van der Waals surface area contributed by atoms with E-state index in [2.05, 4.69) is 63.5 Å². The molecule has 5 aliphatic carbocycles. The number of aliphatic carboxylic acids is 1. The number of aromatic nitrogens is 2. The van der Waals surface area contributed by atoms with Gasteiger partial charge in [0.2, 0.25) is 4.91 Å². The average molecular weight is 937 g/mol. The number of carboxylic acid groups (broad SMARTS) is 1. The van der Waals surface area contributed by atoms with Crippen LogP contribution in [0.5, 0.6) is 0 Å². The van der Waals surface area contributed by atoms with Crippen molar-refractivity contribution in [3.05, 3.63) is 32.6 Å². The molecule has 6 fully saturated rings. The lowest BCUT2D eigenvalue weighted by Crippen LogP contribution is -2.67. The Morgan fingerprint density at radius 3 is 2.36 bits per heavy atom. The fraction of sp³-hybridized carbons (Fsp3) is 0.843. The van der Waals surface area contributed by atoms with E-state index in [1.165, 1.54) is 10.8 Å². The molecule has 0 radical (unpaired) electrons. The van der Waals surface area contributed by atoms with Gasteiger partial charge < -0.3 is 24.1 Å². The summed E-state index contributed by atoms with van der Waals surface area (Å²) in [5, 5.41) is 13.0. The molecule has 1 aromatic rings. The summed E-state index contributed by atoms with van der Waals surface area (Å²) in [6.45, 7) is 22.0. The van der Waals surface area contributed by atoms with E-state index in [1.807, 2.05) is 0 Å². The van der Waals surface area contributed by atoms with Crippen LogP contribution in [-0.2, 0) is 38.1 Å². The first-order valence-electron chi connectivity index (χ1n) is 25.1. The Morgan fingerprint density at radius 2 is 1.67 bits per heavy atom. The number of carbonyl (C=O) groups is 4. The number of carbonyl (C=O) groups excluding carboxylic acids is 3. The summed E-state index contributed by atoms with van der Waals surface area (Å²) in [5.74, 6) is 0.588. The van der Waals surface area contributed by atoms with Gasteiger partial charge in [0.1, 0.15) is 35.7 Å². The molecule has 13 atom stereocenters. The molecule has 7 rings (SSSR count). The molecule has 372 valence electrons. The Labute approximate surface area is 395 Å². The Hall–Kier alpha value is -4.17. The lowest BCUT2D eigenvalue weighted by Gasteiger charge is -2.73. The summed E-state index contributed by atoms with van der Waals surface area (Å²) in [6.07, 6.45) is 10.5. The molecule has 67 heavy (non-hydrogen) atoms. The molecular formula is C51H78N5O11+. The van der Waals surface area contributed by atoms with Crippen molar-refractivity contribution in [1.82, 2.24) is 14.5 Å². The number of ether oxygens (including phenoxy) is 4. The van der Waals surface area contributed by atoms with Gasteiger partial charge in [0.15, 0.2) is 6.04 Å². The smallest absolute Gasteiger partial charge is 0.330 e. The number of carboxylic acids is 1. The van der Waals surface area contributed by atoms with Crippen molar-refractivity contribution < 1.29 is 43.2 Å². The van der Waals surface area contributed by atoms with Gasteiger partial charge in [-0.15, -0.1) is 0 Å². The highest BCUT2D eigenvalue weighted by Gasteiger charge is 2.71. The van der Waals surface area contributed by atoms with E-state index in [-0.39, 0.29) is 77.9 Å². The van der Waals surface area contributed by atoms with E-state index in [0.29, 0.717) is 47.7 Å². The first-order valence-corrected chi connectivity index (χ1v) is 25.1. The number of aromatic amines is 1. The maximum absolute atomic E-state index is 13.8. The summed E-state index contributed by atoms with van der Waals surface area (Å²) in [7, 11) is 0. The highest BCUT2D eigenvalue weighted by Crippen LogP contribution is 2.77. The lowest BCUT2D eigenvalue weighted by molar-refractivity contribution is -0.253. The Bertz CT molecular complexity index is 2250. The number of aryl methyl sites for hydroxylation is 1. The van der Waals surface area contributed by atoms with Crippen molar-refractivity contribution in [2.45, 2.75) is 190 Å². The number of H-pyrrole nitrogens is 1. The van der Waals surface area contributed by atoms with Crippen molar-refractivity contribution in [2.75, 3.05) is 13.2 Å². The van der Waals surface area contributed by atoms with E-state index in [0.717, 1.165) is 64.2 Å². The highest BCUT2D eigenvalue weighted by atomic mass is 16.6. The Kier molecular flexibility index (Phi) is 14.1. The van der Waals surface area contributed by atoms with Crippen LogP contribution in [0, 0.1) is 80.5 Å². The van der Waals surface area contributed by atoms with Crippen LogP contribution in [0.3, 0.4) is 0 Å². The van der Waals surface area contributed by atoms with Crippen molar-refractivity contribution >= 4 is 23.9 Å². The molecule has 0 spiro atoms. The second-order valence-corrected chi connectivity index (χ2v) is 24.0. The third-order valence-electron chi connectivity index (χ3n) is 19.4. The van der Waals surface area contributed by atoms with Crippen LogP contribution in [-0.4, -0.2) is 70.0 Å². The Balaban J connectivity index is 0.999. The molecule has 0 aromatic carbocycles. The third-order valence-corrected chi connectivity index (χ3v) is 19.4. The van der Waals surface area contributed by atoms with Gasteiger partial charge in [-0.1, -0.05) is 48.5 Å². The average Bonchev–Trinajstić information content (AvgIpc) is 3.83. The predicted octanol–water partition coefficient (Wildman–Crippen LogP) is 8.46. The van der Waals surface area contributed by atoms with Gasteiger partial charge in [-0.05, 0) is 143 Å². The maximum atomic E-state index is 13.8. The number of nitrogens with one attached hydrogen (secondary N) is 2. The van der Waals surface area contributed by atoms with Gasteiger partial charge in [0.25, 0.3) is 5.56 Å². The summed E-state index contributed by atoms with van der Waals surface area (Å²) in [5.41, 5.74) is 5.22. The molecule has 0 bridgehead atoms. The minimum atomic E-state index is -1.22. The fourth-order valence-electron chi connectivity index (χ4n) is 15.7. The molecule has 3 N–H and O–H groups in total. The zero-order valence-electron chi connectivity index (χ0n) is 41.7. The molecule has 1 saturated heterocycles. The Morgan fingerprint density at radius 1 is 0.940 bits per heavy atom. The first-order chi connectivity index (χ1) is 31.3. The van der Waals surface area contributed by atoms with Crippen LogP contribution in [0.25, 0.3) is 0 Å². The van der Waals surface area contributed by atoms with Gasteiger partial charge in [0, 0.05) is 41.9 Å².